The summed E-state index contributed by atoms with van der Waals surface area (Å²) >= 11 is 0. The molecule has 2 atom stereocenters. The summed E-state index contributed by atoms with van der Waals surface area (Å²) in [5, 5.41) is 14.4. The maximum atomic E-state index is 13.0. The van der Waals surface area contributed by atoms with Gasteiger partial charge in [0.25, 0.3) is 0 Å². The van der Waals surface area contributed by atoms with Crippen LogP contribution in [0.25, 0.3) is 22.2 Å². The highest BCUT2D eigenvalue weighted by atomic mass is 16.1. The van der Waals surface area contributed by atoms with E-state index in [9.17, 15) is 4.79 Å². The van der Waals surface area contributed by atoms with Gasteiger partial charge in [0.1, 0.15) is 5.82 Å². The third-order valence-electron chi connectivity index (χ3n) is 6.53. The van der Waals surface area contributed by atoms with Gasteiger partial charge in [-0.2, -0.15) is 10.1 Å². The van der Waals surface area contributed by atoms with Crippen molar-refractivity contribution < 1.29 is 4.79 Å². The number of aromatic nitrogens is 4. The first-order valence-electron chi connectivity index (χ1n) is 11.7. The lowest BCUT2D eigenvalue weighted by atomic mass is 9.92. The van der Waals surface area contributed by atoms with Crippen molar-refractivity contribution in [3.8, 4) is 11.3 Å². The number of carbonyl (C=O) groups excluding carboxylic acids is 1. The van der Waals surface area contributed by atoms with Gasteiger partial charge in [-0.3, -0.25) is 9.89 Å². The zero-order valence-electron chi connectivity index (χ0n) is 19.5. The number of hydrogen-bond acceptors (Lipinski definition) is 6. The van der Waals surface area contributed by atoms with Crippen LogP contribution in [0.4, 0.5) is 11.8 Å². The highest BCUT2D eigenvalue weighted by Gasteiger charge is 2.31. The molecule has 8 nitrogen and oxygen atoms in total. The highest BCUT2D eigenvalue weighted by molar-refractivity contribution is 5.83. The van der Waals surface area contributed by atoms with Crippen LogP contribution in [-0.2, 0) is 11.3 Å². The number of anilines is 2. The maximum Gasteiger partial charge on any atom is 0.225 e. The molecule has 174 valence electrons. The first-order valence-corrected chi connectivity index (χ1v) is 11.7. The number of H-pyrrole nitrogens is 1. The number of piperidine rings is 1. The average molecular weight is 456 g/mol. The lowest BCUT2D eigenvalue weighted by Gasteiger charge is -2.38. The summed E-state index contributed by atoms with van der Waals surface area (Å²) in [4.78, 5) is 24.6. The second-order valence-corrected chi connectivity index (χ2v) is 8.84. The number of aromatic amines is 1. The minimum atomic E-state index is -0.0855. The minimum absolute atomic E-state index is 0.0855. The van der Waals surface area contributed by atoms with Crippen molar-refractivity contribution >= 4 is 28.6 Å². The van der Waals surface area contributed by atoms with E-state index in [1.165, 1.54) is 0 Å². The van der Waals surface area contributed by atoms with Gasteiger partial charge in [-0.05, 0) is 31.4 Å². The van der Waals surface area contributed by atoms with Crippen LogP contribution >= 0.6 is 0 Å². The summed E-state index contributed by atoms with van der Waals surface area (Å²) in [6.07, 6.45) is 3.60. The molecule has 0 unspecified atom stereocenters. The summed E-state index contributed by atoms with van der Waals surface area (Å²) in [5.74, 6) is 1.39. The van der Waals surface area contributed by atoms with Crippen LogP contribution in [0.3, 0.4) is 0 Å². The van der Waals surface area contributed by atoms with E-state index < -0.39 is 0 Å². The number of carbonyl (C=O) groups is 1. The zero-order valence-corrected chi connectivity index (χ0v) is 19.5. The molecule has 34 heavy (non-hydrogen) atoms. The van der Waals surface area contributed by atoms with Gasteiger partial charge in [-0.1, -0.05) is 42.5 Å². The number of hydrogen-bond donors (Lipinski definition) is 3. The van der Waals surface area contributed by atoms with E-state index in [0.717, 1.165) is 46.4 Å². The lowest BCUT2D eigenvalue weighted by molar-refractivity contribution is -0.125. The van der Waals surface area contributed by atoms with E-state index in [-0.39, 0.29) is 17.9 Å². The van der Waals surface area contributed by atoms with Crippen LogP contribution in [0.1, 0.15) is 25.3 Å². The average Bonchev–Trinajstić information content (AvgIpc) is 3.36. The Hall–Kier alpha value is -3.94. The first kappa shape index (κ1) is 21.9. The summed E-state index contributed by atoms with van der Waals surface area (Å²) in [6, 6.07) is 18.4. The van der Waals surface area contributed by atoms with Gasteiger partial charge < -0.3 is 15.5 Å². The van der Waals surface area contributed by atoms with Crippen molar-refractivity contribution in [2.75, 3.05) is 23.8 Å². The SMILES string of the molecule is CNc1nc(-c2ccc3cn[nH]c3c2)cc(N2C[C@@H](C(=O)NCc3ccccc3)CC[C@H]2C)n1. The van der Waals surface area contributed by atoms with E-state index in [1.807, 2.05) is 67.8 Å². The Balaban J connectivity index is 1.37. The molecule has 1 fully saturated rings. The largest absolute Gasteiger partial charge is 0.357 e. The molecule has 4 aromatic rings. The molecule has 3 N–H and O–H groups in total. The lowest BCUT2D eigenvalue weighted by Crippen LogP contribution is -2.47. The van der Waals surface area contributed by atoms with Gasteiger partial charge in [0.2, 0.25) is 11.9 Å². The minimum Gasteiger partial charge on any atom is -0.357 e. The standard InChI is InChI=1S/C26H29N7O/c1-17-8-9-21(25(34)28-14-18-6-4-3-5-7-18)16-33(17)24-13-22(30-26(27-2)31-24)19-10-11-20-15-29-32-23(20)12-19/h3-7,10-13,15,17,21H,8-9,14,16H2,1-2H3,(H,28,34)(H,29,32)(H,27,30,31)/t17-,21+/m1/s1. The molecule has 0 bridgehead atoms. The predicted octanol–water partition coefficient (Wildman–Crippen LogP) is 3.98. The van der Waals surface area contributed by atoms with E-state index in [4.69, 9.17) is 4.98 Å². The molecular formula is C26H29N7O. The van der Waals surface area contributed by atoms with Crippen molar-refractivity contribution in [1.29, 1.82) is 0 Å². The van der Waals surface area contributed by atoms with Crippen LogP contribution in [-0.4, -0.2) is 45.7 Å². The molecule has 2 aromatic carbocycles. The van der Waals surface area contributed by atoms with Gasteiger partial charge >= 0.3 is 0 Å². The summed E-state index contributed by atoms with van der Waals surface area (Å²) in [5.41, 5.74) is 3.88. The molecule has 1 amide bonds. The molecule has 5 rings (SSSR count). The Labute approximate surface area is 198 Å². The third-order valence-corrected chi connectivity index (χ3v) is 6.53. The molecule has 0 radical (unpaired) electrons. The van der Waals surface area contributed by atoms with Crippen LogP contribution < -0.4 is 15.5 Å². The monoisotopic (exact) mass is 455 g/mol. The quantitative estimate of drug-likeness (QED) is 0.407. The van der Waals surface area contributed by atoms with E-state index in [0.29, 0.717) is 19.0 Å². The second-order valence-electron chi connectivity index (χ2n) is 8.84. The smallest absolute Gasteiger partial charge is 0.225 e. The van der Waals surface area contributed by atoms with Gasteiger partial charge in [0.15, 0.2) is 0 Å². The Morgan fingerprint density at radius 2 is 1.97 bits per heavy atom. The number of benzene rings is 2. The van der Waals surface area contributed by atoms with Crippen LogP contribution in [0, 0.1) is 5.92 Å². The fourth-order valence-electron chi connectivity index (χ4n) is 4.51. The summed E-state index contributed by atoms with van der Waals surface area (Å²) in [6.45, 7) is 3.36. The van der Waals surface area contributed by atoms with Crippen LogP contribution in [0.5, 0.6) is 0 Å². The first-order chi connectivity index (χ1) is 16.6. The Morgan fingerprint density at radius 1 is 1.12 bits per heavy atom. The molecule has 1 aliphatic rings. The predicted molar refractivity (Wildman–Crippen MR) is 134 cm³/mol. The molecule has 1 saturated heterocycles. The number of nitrogens with one attached hydrogen (secondary N) is 3. The Bertz CT molecular complexity index is 1290. The van der Waals surface area contributed by atoms with Crippen molar-refractivity contribution in [2.45, 2.75) is 32.4 Å². The number of amides is 1. The molecule has 1 aliphatic heterocycles. The van der Waals surface area contributed by atoms with E-state index in [2.05, 4.69) is 37.6 Å². The molecule has 8 heteroatoms. The summed E-state index contributed by atoms with van der Waals surface area (Å²) < 4.78 is 0. The molecule has 0 saturated carbocycles. The van der Waals surface area contributed by atoms with E-state index >= 15 is 0 Å². The molecule has 2 aromatic heterocycles. The second kappa shape index (κ2) is 9.51. The molecular weight excluding hydrogens is 426 g/mol. The molecule has 0 spiro atoms. The third kappa shape index (κ3) is 4.57. The van der Waals surface area contributed by atoms with Gasteiger partial charge in [-0.15, -0.1) is 0 Å². The van der Waals surface area contributed by atoms with Gasteiger partial charge in [0.05, 0.1) is 23.3 Å². The summed E-state index contributed by atoms with van der Waals surface area (Å²) in [7, 11) is 1.82. The molecule has 0 aliphatic carbocycles. The Kier molecular flexibility index (Phi) is 6.12. The molecule has 3 heterocycles. The van der Waals surface area contributed by atoms with Crippen molar-refractivity contribution in [1.82, 2.24) is 25.5 Å². The number of fused-ring (bicyclic) bond motifs is 1. The maximum absolute atomic E-state index is 13.0. The van der Waals surface area contributed by atoms with Crippen molar-refractivity contribution in [2.24, 2.45) is 5.92 Å². The topological polar surface area (TPSA) is 98.8 Å². The zero-order chi connectivity index (χ0) is 23.5. The highest BCUT2D eigenvalue weighted by Crippen LogP contribution is 2.31. The van der Waals surface area contributed by atoms with E-state index in [1.54, 1.807) is 0 Å². The van der Waals surface area contributed by atoms with Crippen molar-refractivity contribution in [3.63, 3.8) is 0 Å². The van der Waals surface area contributed by atoms with Gasteiger partial charge in [0, 0.05) is 43.2 Å². The fourth-order valence-corrected chi connectivity index (χ4v) is 4.51. The van der Waals surface area contributed by atoms with Crippen molar-refractivity contribution in [3.05, 3.63) is 66.4 Å². The fraction of sp³-hybridized carbons (Fsp3) is 0.308. The van der Waals surface area contributed by atoms with Crippen LogP contribution in [0.15, 0.2) is 60.8 Å². The van der Waals surface area contributed by atoms with Crippen LogP contribution in [0.2, 0.25) is 0 Å². The Morgan fingerprint density at radius 3 is 2.79 bits per heavy atom. The number of nitrogens with zero attached hydrogens (tertiary/aromatic N) is 4. The normalized spacial score (nSPS) is 18.1. The van der Waals surface area contributed by atoms with Gasteiger partial charge in [-0.25, -0.2) is 4.98 Å². The number of rotatable bonds is 6.